The minimum absolute atomic E-state index is 0.218. The van der Waals surface area contributed by atoms with Crippen molar-refractivity contribution < 1.29 is 4.79 Å². The molecule has 0 N–H and O–H groups in total. The van der Waals surface area contributed by atoms with Crippen LogP contribution in [0, 0.1) is 11.8 Å². The highest BCUT2D eigenvalue weighted by atomic mass is 32.2. The van der Waals surface area contributed by atoms with E-state index in [1.807, 2.05) is 11.0 Å². The zero-order valence-electron chi connectivity index (χ0n) is 18.9. The van der Waals surface area contributed by atoms with Crippen LogP contribution >= 0.6 is 11.8 Å². The number of likely N-dealkylation sites (tertiary alicyclic amines) is 2. The summed E-state index contributed by atoms with van der Waals surface area (Å²) in [6.45, 7) is 10.1. The van der Waals surface area contributed by atoms with Gasteiger partial charge in [0.15, 0.2) is 5.16 Å². The highest BCUT2D eigenvalue weighted by molar-refractivity contribution is 7.99. The second-order valence-corrected chi connectivity index (χ2v) is 10.3. The van der Waals surface area contributed by atoms with E-state index < -0.39 is 0 Å². The van der Waals surface area contributed by atoms with Gasteiger partial charge in [0.2, 0.25) is 5.91 Å². The first-order chi connectivity index (χ1) is 15.1. The Morgan fingerprint density at radius 2 is 1.71 bits per heavy atom. The van der Waals surface area contributed by atoms with Gasteiger partial charge < -0.3 is 9.47 Å². The number of rotatable bonds is 7. The smallest absolute Gasteiger partial charge is 0.233 e. The van der Waals surface area contributed by atoms with Crippen LogP contribution in [0.5, 0.6) is 0 Å². The topological polar surface area (TPSA) is 54.3 Å². The second kappa shape index (κ2) is 10.6. The van der Waals surface area contributed by atoms with Gasteiger partial charge in [0.1, 0.15) is 5.82 Å². The molecule has 2 aliphatic heterocycles. The van der Waals surface area contributed by atoms with Gasteiger partial charge in [0, 0.05) is 13.1 Å². The third-order valence-electron chi connectivity index (χ3n) is 6.34. The summed E-state index contributed by atoms with van der Waals surface area (Å²) in [5.74, 6) is 2.80. The van der Waals surface area contributed by atoms with Crippen molar-refractivity contribution in [2.45, 2.75) is 57.8 Å². The van der Waals surface area contributed by atoms with Gasteiger partial charge in [-0.15, -0.1) is 10.2 Å². The van der Waals surface area contributed by atoms with Gasteiger partial charge in [-0.05, 0) is 49.8 Å². The van der Waals surface area contributed by atoms with Gasteiger partial charge in [-0.25, -0.2) is 0 Å². The van der Waals surface area contributed by atoms with Gasteiger partial charge in [-0.3, -0.25) is 9.69 Å². The van der Waals surface area contributed by atoms with E-state index in [0.717, 1.165) is 50.2 Å². The number of aromatic nitrogens is 3. The number of thioether (sulfide) groups is 1. The van der Waals surface area contributed by atoms with Crippen LogP contribution in [-0.2, 0) is 17.9 Å². The molecular formula is C24H35N5OS. The predicted molar refractivity (Wildman–Crippen MR) is 125 cm³/mol. The summed E-state index contributed by atoms with van der Waals surface area (Å²) in [6.07, 6.45) is 5.05. The van der Waals surface area contributed by atoms with E-state index in [-0.39, 0.29) is 5.91 Å². The van der Waals surface area contributed by atoms with Crippen molar-refractivity contribution in [1.29, 1.82) is 0 Å². The molecule has 1 aromatic carbocycles. The van der Waals surface area contributed by atoms with Crippen LogP contribution in [0.2, 0.25) is 0 Å². The van der Waals surface area contributed by atoms with E-state index in [9.17, 15) is 4.79 Å². The lowest BCUT2D eigenvalue weighted by Gasteiger charge is -2.35. The van der Waals surface area contributed by atoms with Crippen LogP contribution in [0.3, 0.4) is 0 Å². The van der Waals surface area contributed by atoms with E-state index >= 15 is 0 Å². The summed E-state index contributed by atoms with van der Waals surface area (Å²) in [7, 11) is 0. The van der Waals surface area contributed by atoms with Crippen LogP contribution in [0.1, 0.15) is 50.9 Å². The molecule has 3 heterocycles. The van der Waals surface area contributed by atoms with Crippen LogP contribution < -0.4 is 0 Å². The highest BCUT2D eigenvalue weighted by Gasteiger charge is 2.26. The van der Waals surface area contributed by atoms with Crippen molar-refractivity contribution in [1.82, 2.24) is 24.6 Å². The molecule has 0 bridgehead atoms. The van der Waals surface area contributed by atoms with Crippen molar-refractivity contribution in [3.05, 3.63) is 41.7 Å². The van der Waals surface area contributed by atoms with E-state index in [1.165, 1.54) is 43.0 Å². The van der Waals surface area contributed by atoms with E-state index in [0.29, 0.717) is 17.6 Å². The van der Waals surface area contributed by atoms with Crippen LogP contribution in [0.4, 0.5) is 0 Å². The molecule has 2 saturated heterocycles. The summed E-state index contributed by atoms with van der Waals surface area (Å²) in [5.41, 5.74) is 1.23. The molecule has 0 aliphatic carbocycles. The molecule has 2 atom stereocenters. The molecule has 7 heteroatoms. The minimum Gasteiger partial charge on any atom is -0.341 e. The maximum atomic E-state index is 12.9. The van der Waals surface area contributed by atoms with E-state index in [2.05, 4.69) is 57.8 Å². The van der Waals surface area contributed by atoms with E-state index in [1.54, 1.807) is 0 Å². The molecule has 0 saturated carbocycles. The maximum Gasteiger partial charge on any atom is 0.233 e. The highest BCUT2D eigenvalue weighted by Crippen LogP contribution is 2.24. The fourth-order valence-electron chi connectivity index (χ4n) is 4.87. The second-order valence-electron chi connectivity index (χ2n) is 9.34. The van der Waals surface area contributed by atoms with Crippen molar-refractivity contribution in [2.75, 3.05) is 31.9 Å². The lowest BCUT2D eigenvalue weighted by Crippen LogP contribution is -2.43. The Balaban J connectivity index is 1.46. The molecule has 2 fully saturated rings. The first-order valence-electron chi connectivity index (χ1n) is 11.7. The Kier molecular flexibility index (Phi) is 7.67. The Morgan fingerprint density at radius 1 is 1.00 bits per heavy atom. The SMILES string of the molecule is CC1CC(C)CN(C(=O)CSc2nnc(CN3CCCCC3)n2Cc2ccccc2)C1. The molecule has 31 heavy (non-hydrogen) atoms. The predicted octanol–water partition coefficient (Wildman–Crippen LogP) is 3.91. The van der Waals surface area contributed by atoms with Gasteiger partial charge in [-0.1, -0.05) is 62.4 Å². The Morgan fingerprint density at radius 3 is 2.42 bits per heavy atom. The molecule has 1 amide bonds. The number of benzene rings is 1. The van der Waals surface area contributed by atoms with E-state index in [4.69, 9.17) is 0 Å². The summed E-state index contributed by atoms with van der Waals surface area (Å²) in [5, 5.41) is 9.90. The quantitative estimate of drug-likeness (QED) is 0.610. The number of hydrogen-bond donors (Lipinski definition) is 0. The van der Waals surface area contributed by atoms with Gasteiger partial charge in [0.05, 0.1) is 18.8 Å². The largest absolute Gasteiger partial charge is 0.341 e. The average Bonchev–Trinajstić information content (AvgIpc) is 3.14. The van der Waals surface area contributed by atoms with Gasteiger partial charge in [-0.2, -0.15) is 0 Å². The average molecular weight is 442 g/mol. The number of piperidine rings is 2. The monoisotopic (exact) mass is 441 g/mol. The van der Waals surface area contributed by atoms with Crippen LogP contribution in [0.15, 0.2) is 35.5 Å². The molecule has 6 nitrogen and oxygen atoms in total. The first kappa shape index (κ1) is 22.3. The van der Waals surface area contributed by atoms with Gasteiger partial charge >= 0.3 is 0 Å². The summed E-state index contributed by atoms with van der Waals surface area (Å²) >= 11 is 1.53. The number of carbonyl (C=O) groups is 1. The molecule has 2 aromatic rings. The minimum atomic E-state index is 0.218. The molecule has 2 unspecified atom stereocenters. The Labute approximate surface area is 190 Å². The third kappa shape index (κ3) is 6.10. The molecule has 168 valence electrons. The lowest BCUT2D eigenvalue weighted by atomic mass is 9.92. The lowest BCUT2D eigenvalue weighted by molar-refractivity contribution is -0.130. The van der Waals surface area contributed by atoms with Crippen molar-refractivity contribution in [3.8, 4) is 0 Å². The molecule has 0 radical (unpaired) electrons. The van der Waals surface area contributed by atoms with Gasteiger partial charge in [0.25, 0.3) is 0 Å². The van der Waals surface area contributed by atoms with Crippen LogP contribution in [0.25, 0.3) is 0 Å². The first-order valence-corrected chi connectivity index (χ1v) is 12.7. The molecule has 2 aliphatic rings. The van der Waals surface area contributed by atoms with Crippen molar-refractivity contribution >= 4 is 17.7 Å². The van der Waals surface area contributed by atoms with Crippen LogP contribution in [-0.4, -0.2) is 62.4 Å². The third-order valence-corrected chi connectivity index (χ3v) is 7.29. The summed E-state index contributed by atoms with van der Waals surface area (Å²) in [6, 6.07) is 10.5. The Hall–Kier alpha value is -1.86. The molecule has 0 spiro atoms. The number of carbonyl (C=O) groups excluding carboxylic acids is 1. The zero-order valence-corrected chi connectivity index (χ0v) is 19.7. The fourth-order valence-corrected chi connectivity index (χ4v) is 5.73. The standard InChI is InChI=1S/C24H35N5OS/c1-19-13-20(2)15-28(14-19)23(30)18-31-24-26-25-22(17-27-11-7-4-8-12-27)29(24)16-21-9-5-3-6-10-21/h3,5-6,9-10,19-20H,4,7-8,11-18H2,1-2H3. The fraction of sp³-hybridized carbons (Fsp3) is 0.625. The normalized spacial score (nSPS) is 22.6. The number of amides is 1. The molecule has 1 aromatic heterocycles. The summed E-state index contributed by atoms with van der Waals surface area (Å²) in [4.78, 5) is 17.4. The maximum absolute atomic E-state index is 12.9. The Bertz CT molecular complexity index is 839. The van der Waals surface area contributed by atoms with Crippen molar-refractivity contribution in [3.63, 3.8) is 0 Å². The summed E-state index contributed by atoms with van der Waals surface area (Å²) < 4.78 is 2.21. The zero-order chi connectivity index (χ0) is 21.6. The molecule has 4 rings (SSSR count). The number of hydrogen-bond acceptors (Lipinski definition) is 5. The number of nitrogens with zero attached hydrogens (tertiary/aromatic N) is 5. The molecular weight excluding hydrogens is 406 g/mol. The van der Waals surface area contributed by atoms with Crippen molar-refractivity contribution in [2.24, 2.45) is 11.8 Å².